The Labute approximate surface area is 143 Å². The van der Waals surface area contributed by atoms with Crippen LogP contribution in [-0.4, -0.2) is 22.7 Å². The summed E-state index contributed by atoms with van der Waals surface area (Å²) in [6.45, 7) is 6.20. The molecule has 0 aliphatic heterocycles. The Kier molecular flexibility index (Phi) is 5.52. The van der Waals surface area contributed by atoms with Gasteiger partial charge in [0.2, 0.25) is 0 Å². The van der Waals surface area contributed by atoms with Crippen LogP contribution in [-0.2, 0) is 16.1 Å². The smallest absolute Gasteiger partial charge is 0.408 e. The highest BCUT2D eigenvalue weighted by atomic mass is 16.5. The molecule has 0 heterocycles. The van der Waals surface area contributed by atoms with Crippen LogP contribution in [0.25, 0.3) is 0 Å². The zero-order valence-corrected chi connectivity index (χ0v) is 14.7. The van der Waals surface area contributed by atoms with Crippen LogP contribution in [0.2, 0.25) is 0 Å². The molecular weight excluding hydrogens is 306 g/mol. The van der Waals surface area contributed by atoms with Gasteiger partial charge in [0.05, 0.1) is 0 Å². The molecule has 24 heavy (non-hydrogen) atoms. The van der Waals surface area contributed by atoms with Gasteiger partial charge in [0.1, 0.15) is 12.1 Å². The van der Waals surface area contributed by atoms with E-state index < -0.39 is 17.6 Å². The van der Waals surface area contributed by atoms with Gasteiger partial charge in [0.25, 0.3) is 0 Å². The SMILES string of the molecule is CC(C)(C)[C@@H]1CCCC[C@]1(NC(=O)OCc1ccccc1)C(=O)O. The minimum atomic E-state index is -1.26. The van der Waals surface area contributed by atoms with Crippen molar-refractivity contribution in [1.82, 2.24) is 5.32 Å². The van der Waals surface area contributed by atoms with Crippen molar-refractivity contribution in [3.05, 3.63) is 35.9 Å². The third-order valence-corrected chi connectivity index (χ3v) is 4.87. The highest BCUT2D eigenvalue weighted by Crippen LogP contribution is 2.44. The van der Waals surface area contributed by atoms with Gasteiger partial charge in [0.15, 0.2) is 0 Å². The molecule has 1 aliphatic carbocycles. The van der Waals surface area contributed by atoms with Crippen molar-refractivity contribution in [2.45, 2.75) is 58.6 Å². The average Bonchev–Trinajstić information content (AvgIpc) is 2.53. The first-order valence-corrected chi connectivity index (χ1v) is 8.48. The molecule has 5 nitrogen and oxygen atoms in total. The number of rotatable bonds is 4. The summed E-state index contributed by atoms with van der Waals surface area (Å²) in [5, 5.41) is 12.6. The van der Waals surface area contributed by atoms with E-state index in [9.17, 15) is 14.7 Å². The summed E-state index contributed by atoms with van der Waals surface area (Å²) in [7, 11) is 0. The van der Waals surface area contributed by atoms with Crippen molar-refractivity contribution < 1.29 is 19.4 Å². The van der Waals surface area contributed by atoms with E-state index in [0.717, 1.165) is 24.8 Å². The number of amides is 1. The van der Waals surface area contributed by atoms with Crippen LogP contribution >= 0.6 is 0 Å². The van der Waals surface area contributed by atoms with E-state index in [2.05, 4.69) is 5.32 Å². The monoisotopic (exact) mass is 333 g/mol. The van der Waals surface area contributed by atoms with Crippen LogP contribution in [0, 0.1) is 11.3 Å². The molecule has 1 aromatic carbocycles. The van der Waals surface area contributed by atoms with Crippen LogP contribution < -0.4 is 5.32 Å². The molecule has 0 aromatic heterocycles. The highest BCUT2D eigenvalue weighted by molar-refractivity contribution is 5.85. The molecule has 2 rings (SSSR count). The molecule has 132 valence electrons. The van der Waals surface area contributed by atoms with Crippen molar-refractivity contribution in [2.75, 3.05) is 0 Å². The third-order valence-electron chi connectivity index (χ3n) is 4.87. The number of carbonyl (C=O) groups excluding carboxylic acids is 1. The Hall–Kier alpha value is -2.04. The maximum Gasteiger partial charge on any atom is 0.408 e. The molecule has 1 aliphatic rings. The second-order valence-corrected chi connectivity index (χ2v) is 7.63. The van der Waals surface area contributed by atoms with Crippen molar-refractivity contribution in [3.63, 3.8) is 0 Å². The number of carbonyl (C=O) groups is 2. The van der Waals surface area contributed by atoms with Gasteiger partial charge < -0.3 is 15.2 Å². The molecule has 1 saturated carbocycles. The van der Waals surface area contributed by atoms with Crippen molar-refractivity contribution in [3.8, 4) is 0 Å². The van der Waals surface area contributed by atoms with Crippen LogP contribution in [0.1, 0.15) is 52.0 Å². The number of aliphatic carboxylic acids is 1. The quantitative estimate of drug-likeness (QED) is 0.874. The van der Waals surface area contributed by atoms with Gasteiger partial charge in [-0.25, -0.2) is 9.59 Å². The summed E-state index contributed by atoms with van der Waals surface area (Å²) in [5.41, 5.74) is -0.608. The molecule has 1 amide bonds. The van der Waals surface area contributed by atoms with Gasteiger partial charge in [-0.15, -0.1) is 0 Å². The Bertz CT molecular complexity index is 579. The molecule has 0 radical (unpaired) electrons. The Balaban J connectivity index is 2.11. The minimum absolute atomic E-state index is 0.128. The molecule has 1 fully saturated rings. The van der Waals surface area contributed by atoms with Crippen LogP contribution in [0.3, 0.4) is 0 Å². The number of hydrogen-bond acceptors (Lipinski definition) is 3. The lowest BCUT2D eigenvalue weighted by atomic mass is 9.62. The van der Waals surface area contributed by atoms with Gasteiger partial charge in [-0.1, -0.05) is 63.9 Å². The van der Waals surface area contributed by atoms with Gasteiger partial charge in [-0.2, -0.15) is 0 Å². The molecule has 0 spiro atoms. The van der Waals surface area contributed by atoms with E-state index in [1.807, 2.05) is 51.1 Å². The molecular formula is C19H27NO4. The number of ether oxygens (including phenoxy) is 1. The van der Waals surface area contributed by atoms with Gasteiger partial charge in [0, 0.05) is 0 Å². The predicted molar refractivity (Wildman–Crippen MR) is 91.5 cm³/mol. The molecule has 5 heteroatoms. The first-order valence-electron chi connectivity index (χ1n) is 8.48. The van der Waals surface area contributed by atoms with Crippen molar-refractivity contribution >= 4 is 12.1 Å². The fourth-order valence-corrected chi connectivity index (χ4v) is 3.75. The number of nitrogens with one attached hydrogen (secondary N) is 1. The van der Waals surface area contributed by atoms with Crippen LogP contribution in [0.4, 0.5) is 4.79 Å². The zero-order valence-electron chi connectivity index (χ0n) is 14.7. The second-order valence-electron chi connectivity index (χ2n) is 7.63. The summed E-state index contributed by atoms with van der Waals surface area (Å²) >= 11 is 0. The van der Waals surface area contributed by atoms with Crippen molar-refractivity contribution in [1.29, 1.82) is 0 Å². The zero-order chi connectivity index (χ0) is 17.8. The van der Waals surface area contributed by atoms with Gasteiger partial charge >= 0.3 is 12.1 Å². The van der Waals surface area contributed by atoms with Crippen LogP contribution in [0.5, 0.6) is 0 Å². The standard InChI is InChI=1S/C19H27NO4/c1-18(2,3)15-11-7-8-12-19(15,16(21)22)20-17(23)24-13-14-9-5-4-6-10-14/h4-6,9-10,15H,7-8,11-13H2,1-3H3,(H,20,23)(H,21,22)/t15-,19+/m0/s1. The lowest BCUT2D eigenvalue weighted by Crippen LogP contribution is -2.63. The summed E-state index contributed by atoms with van der Waals surface area (Å²) < 4.78 is 5.25. The predicted octanol–water partition coefficient (Wildman–Crippen LogP) is 3.97. The van der Waals surface area contributed by atoms with E-state index in [1.54, 1.807) is 0 Å². The largest absolute Gasteiger partial charge is 0.479 e. The molecule has 2 N–H and O–H groups in total. The lowest BCUT2D eigenvalue weighted by molar-refractivity contribution is -0.152. The normalized spacial score (nSPS) is 24.2. The third kappa shape index (κ3) is 4.08. The highest BCUT2D eigenvalue weighted by Gasteiger charge is 2.52. The Morgan fingerprint density at radius 2 is 1.92 bits per heavy atom. The maximum absolute atomic E-state index is 12.3. The fourth-order valence-electron chi connectivity index (χ4n) is 3.75. The summed E-state index contributed by atoms with van der Waals surface area (Å²) in [5.74, 6) is -1.11. The maximum atomic E-state index is 12.3. The van der Waals surface area contributed by atoms with Gasteiger partial charge in [-0.3, -0.25) is 0 Å². The molecule has 0 bridgehead atoms. The number of carboxylic acids is 1. The van der Waals surface area contributed by atoms with Gasteiger partial charge in [-0.05, 0) is 29.7 Å². The fraction of sp³-hybridized carbons (Fsp3) is 0.579. The molecule has 0 saturated heterocycles. The topological polar surface area (TPSA) is 75.6 Å². The lowest BCUT2D eigenvalue weighted by Gasteiger charge is -2.47. The summed E-state index contributed by atoms with van der Waals surface area (Å²) in [6, 6.07) is 9.34. The molecule has 0 unspecified atom stereocenters. The number of hydrogen-bond donors (Lipinski definition) is 2. The first kappa shape index (κ1) is 18.3. The number of carboxylic acid groups (broad SMARTS) is 1. The van der Waals surface area contributed by atoms with E-state index in [-0.39, 0.29) is 17.9 Å². The number of benzene rings is 1. The Morgan fingerprint density at radius 1 is 1.25 bits per heavy atom. The van der Waals surface area contributed by atoms with E-state index in [0.29, 0.717) is 6.42 Å². The Morgan fingerprint density at radius 3 is 2.50 bits per heavy atom. The minimum Gasteiger partial charge on any atom is -0.479 e. The number of alkyl carbamates (subject to hydrolysis) is 1. The molecule has 1 aromatic rings. The summed E-state index contributed by atoms with van der Waals surface area (Å²) in [6.07, 6.45) is 2.33. The first-order chi connectivity index (χ1) is 11.3. The second kappa shape index (κ2) is 7.24. The van der Waals surface area contributed by atoms with E-state index in [4.69, 9.17) is 4.74 Å². The summed E-state index contributed by atoms with van der Waals surface area (Å²) in [4.78, 5) is 24.3. The van der Waals surface area contributed by atoms with Crippen LogP contribution in [0.15, 0.2) is 30.3 Å². The average molecular weight is 333 g/mol. The van der Waals surface area contributed by atoms with E-state index in [1.165, 1.54) is 0 Å². The van der Waals surface area contributed by atoms with Crippen molar-refractivity contribution in [2.24, 2.45) is 11.3 Å². The molecule has 2 atom stereocenters. The van der Waals surface area contributed by atoms with E-state index >= 15 is 0 Å².